The Kier molecular flexibility index (Phi) is 3.43. The lowest BCUT2D eigenvalue weighted by molar-refractivity contribution is 0.222. The average molecular weight is 241 g/mol. The van der Waals surface area contributed by atoms with Crippen LogP contribution in [-0.4, -0.2) is 24.2 Å². The monoisotopic (exact) mass is 241 g/mol. The highest BCUT2D eigenvalue weighted by atomic mass is 32.1. The highest BCUT2D eigenvalue weighted by Gasteiger charge is 2.42. The van der Waals surface area contributed by atoms with E-state index in [9.17, 15) is 0 Å². The van der Waals surface area contributed by atoms with E-state index in [1.54, 1.807) is 0 Å². The summed E-state index contributed by atoms with van der Waals surface area (Å²) in [5, 5.41) is 2.16. The van der Waals surface area contributed by atoms with E-state index in [1.807, 2.05) is 11.3 Å². The van der Waals surface area contributed by atoms with Crippen LogP contribution in [0, 0.1) is 5.41 Å². The van der Waals surface area contributed by atoms with Crippen molar-refractivity contribution in [2.24, 2.45) is 5.41 Å². The van der Waals surface area contributed by atoms with Gasteiger partial charge in [-0.15, -0.1) is 11.3 Å². The molecule has 1 heterocycles. The van der Waals surface area contributed by atoms with Crippen LogP contribution < -0.4 is 0 Å². The Morgan fingerprint density at radius 2 is 2.33 bits per heavy atom. The second-order valence-electron chi connectivity index (χ2n) is 4.76. The zero-order chi connectivity index (χ0) is 10.9. The maximum Gasteiger partial charge on any atom is 0.0410 e. The summed E-state index contributed by atoms with van der Waals surface area (Å²) in [5.74, 6) is 1.04. The van der Waals surface area contributed by atoms with E-state index in [1.165, 1.54) is 24.3 Å². The first-order valence-electron chi connectivity index (χ1n) is 5.51. The Hall–Kier alpha value is 0.01000. The van der Waals surface area contributed by atoms with Crippen molar-refractivity contribution < 1.29 is 0 Å². The van der Waals surface area contributed by atoms with Gasteiger partial charge in [0.15, 0.2) is 0 Å². The third-order valence-corrected chi connectivity index (χ3v) is 5.21. The normalized spacial score (nSPS) is 20.5. The van der Waals surface area contributed by atoms with Crippen LogP contribution in [0.2, 0.25) is 0 Å². The molecular formula is C12H19NS2. The van der Waals surface area contributed by atoms with Crippen molar-refractivity contribution in [2.75, 3.05) is 19.3 Å². The van der Waals surface area contributed by atoms with Crippen molar-refractivity contribution in [1.29, 1.82) is 0 Å². The largest absolute Gasteiger partial charge is 0.298 e. The Labute approximate surface area is 102 Å². The van der Waals surface area contributed by atoms with E-state index in [0.717, 1.165) is 5.75 Å². The van der Waals surface area contributed by atoms with Crippen LogP contribution in [-0.2, 0) is 0 Å². The van der Waals surface area contributed by atoms with E-state index in [4.69, 9.17) is 0 Å². The zero-order valence-electron chi connectivity index (χ0n) is 9.44. The molecule has 0 aliphatic heterocycles. The van der Waals surface area contributed by atoms with Crippen molar-refractivity contribution in [1.82, 2.24) is 4.90 Å². The average Bonchev–Trinajstić information content (AvgIpc) is 2.81. The molecule has 1 aliphatic carbocycles. The molecular weight excluding hydrogens is 222 g/mol. The quantitative estimate of drug-likeness (QED) is 0.773. The summed E-state index contributed by atoms with van der Waals surface area (Å²) in [5.41, 5.74) is 0.531. The fourth-order valence-corrected chi connectivity index (χ4v) is 3.22. The molecule has 1 unspecified atom stereocenters. The molecule has 1 atom stereocenters. The van der Waals surface area contributed by atoms with E-state index in [2.05, 4.69) is 49.0 Å². The van der Waals surface area contributed by atoms with Crippen LogP contribution in [0.1, 0.15) is 30.7 Å². The molecule has 0 bridgehead atoms. The molecule has 0 amide bonds. The number of nitrogens with zero attached hydrogens (tertiary/aromatic N) is 1. The van der Waals surface area contributed by atoms with Crippen LogP contribution in [0.15, 0.2) is 17.5 Å². The van der Waals surface area contributed by atoms with Crippen LogP contribution in [0.4, 0.5) is 0 Å². The first kappa shape index (κ1) is 11.5. The second kappa shape index (κ2) is 4.48. The molecule has 2 rings (SSSR count). The number of rotatable bonds is 5. The van der Waals surface area contributed by atoms with Gasteiger partial charge in [-0.1, -0.05) is 6.07 Å². The Morgan fingerprint density at radius 3 is 2.80 bits per heavy atom. The Balaban J connectivity index is 1.93. The van der Waals surface area contributed by atoms with Crippen LogP contribution in [0.5, 0.6) is 0 Å². The number of hydrogen-bond acceptors (Lipinski definition) is 3. The van der Waals surface area contributed by atoms with Crippen LogP contribution in [0.3, 0.4) is 0 Å². The molecule has 1 aromatic heterocycles. The van der Waals surface area contributed by atoms with E-state index < -0.39 is 0 Å². The van der Waals surface area contributed by atoms with Crippen molar-refractivity contribution in [2.45, 2.75) is 25.8 Å². The minimum Gasteiger partial charge on any atom is -0.298 e. The first-order valence-corrected chi connectivity index (χ1v) is 7.03. The van der Waals surface area contributed by atoms with E-state index >= 15 is 0 Å². The fourth-order valence-electron chi connectivity index (χ4n) is 1.96. The predicted molar refractivity (Wildman–Crippen MR) is 70.9 cm³/mol. The van der Waals surface area contributed by atoms with Crippen molar-refractivity contribution in [3.05, 3.63) is 22.4 Å². The van der Waals surface area contributed by atoms with Gasteiger partial charge < -0.3 is 0 Å². The van der Waals surface area contributed by atoms with Crippen LogP contribution in [0.25, 0.3) is 0 Å². The standard InChI is InChI=1S/C12H19NS2/c1-10(11-4-3-7-15-11)13(2)8-12(9-14)5-6-12/h3-4,7,10,14H,5-6,8-9H2,1-2H3. The summed E-state index contributed by atoms with van der Waals surface area (Å²) < 4.78 is 0. The Bertz CT molecular complexity index is 303. The smallest absolute Gasteiger partial charge is 0.0410 e. The molecule has 1 saturated carbocycles. The first-order chi connectivity index (χ1) is 7.17. The van der Waals surface area contributed by atoms with E-state index in [0.29, 0.717) is 11.5 Å². The van der Waals surface area contributed by atoms with Gasteiger partial charge in [0, 0.05) is 17.5 Å². The maximum absolute atomic E-state index is 4.46. The molecule has 1 fully saturated rings. The minimum atomic E-state index is 0.531. The highest BCUT2D eigenvalue weighted by molar-refractivity contribution is 7.80. The molecule has 0 saturated heterocycles. The molecule has 0 aromatic carbocycles. The molecule has 0 N–H and O–H groups in total. The second-order valence-corrected chi connectivity index (χ2v) is 6.06. The maximum atomic E-state index is 4.46. The molecule has 1 aromatic rings. The number of thiophene rings is 1. The van der Waals surface area contributed by atoms with Gasteiger partial charge in [0.25, 0.3) is 0 Å². The number of hydrogen-bond donors (Lipinski definition) is 1. The third kappa shape index (κ3) is 2.58. The van der Waals surface area contributed by atoms with Gasteiger partial charge in [-0.25, -0.2) is 0 Å². The summed E-state index contributed by atoms with van der Waals surface area (Å²) in [7, 11) is 2.23. The molecule has 1 aliphatic rings. The third-order valence-electron chi connectivity index (χ3n) is 3.49. The summed E-state index contributed by atoms with van der Waals surface area (Å²) >= 11 is 6.31. The van der Waals surface area contributed by atoms with Gasteiger partial charge in [-0.3, -0.25) is 4.90 Å². The molecule has 3 heteroatoms. The molecule has 15 heavy (non-hydrogen) atoms. The minimum absolute atomic E-state index is 0.531. The summed E-state index contributed by atoms with van der Waals surface area (Å²) in [6, 6.07) is 4.91. The predicted octanol–water partition coefficient (Wildman–Crippen LogP) is 3.45. The lowest BCUT2D eigenvalue weighted by Crippen LogP contribution is -2.29. The zero-order valence-corrected chi connectivity index (χ0v) is 11.2. The molecule has 84 valence electrons. The summed E-state index contributed by atoms with van der Waals surface area (Å²) in [4.78, 5) is 3.93. The summed E-state index contributed by atoms with van der Waals surface area (Å²) in [6.07, 6.45) is 2.72. The Morgan fingerprint density at radius 1 is 1.60 bits per heavy atom. The van der Waals surface area contributed by atoms with E-state index in [-0.39, 0.29) is 0 Å². The van der Waals surface area contributed by atoms with Gasteiger partial charge in [0.05, 0.1) is 0 Å². The SMILES string of the molecule is CC(c1cccs1)N(C)CC1(CS)CC1. The van der Waals surface area contributed by atoms with Gasteiger partial charge in [0.1, 0.15) is 0 Å². The van der Waals surface area contributed by atoms with Gasteiger partial charge >= 0.3 is 0 Å². The molecule has 1 nitrogen and oxygen atoms in total. The van der Waals surface area contributed by atoms with Crippen molar-refractivity contribution in [3.8, 4) is 0 Å². The molecule has 0 spiro atoms. The molecule has 0 radical (unpaired) electrons. The topological polar surface area (TPSA) is 3.24 Å². The summed E-state index contributed by atoms with van der Waals surface area (Å²) in [6.45, 7) is 3.48. The highest BCUT2D eigenvalue weighted by Crippen LogP contribution is 2.47. The van der Waals surface area contributed by atoms with Gasteiger partial charge in [0.2, 0.25) is 0 Å². The van der Waals surface area contributed by atoms with Crippen molar-refractivity contribution >= 4 is 24.0 Å². The van der Waals surface area contributed by atoms with Crippen LogP contribution >= 0.6 is 24.0 Å². The van der Waals surface area contributed by atoms with Gasteiger partial charge in [-0.05, 0) is 49.4 Å². The number of thiol groups is 1. The lowest BCUT2D eigenvalue weighted by Gasteiger charge is -2.27. The fraction of sp³-hybridized carbons (Fsp3) is 0.667. The van der Waals surface area contributed by atoms with Gasteiger partial charge in [-0.2, -0.15) is 12.6 Å². The van der Waals surface area contributed by atoms with Crippen molar-refractivity contribution in [3.63, 3.8) is 0 Å². The lowest BCUT2D eigenvalue weighted by atomic mass is 10.1.